The zero-order chi connectivity index (χ0) is 15.9. The molecule has 1 amide bonds. The lowest BCUT2D eigenvalue weighted by Gasteiger charge is -2.21. The highest BCUT2D eigenvalue weighted by atomic mass is 16.1. The molecule has 0 aliphatic rings. The first-order valence-corrected chi connectivity index (χ1v) is 7.93. The maximum absolute atomic E-state index is 12.3. The van der Waals surface area contributed by atoms with E-state index in [4.69, 9.17) is 0 Å². The summed E-state index contributed by atoms with van der Waals surface area (Å²) in [5, 5.41) is 2.97. The van der Waals surface area contributed by atoms with E-state index in [1.807, 2.05) is 42.5 Å². The first-order chi connectivity index (χ1) is 10.7. The van der Waals surface area contributed by atoms with Crippen LogP contribution in [0.3, 0.4) is 0 Å². The van der Waals surface area contributed by atoms with Gasteiger partial charge in [-0.3, -0.25) is 4.79 Å². The van der Waals surface area contributed by atoms with Crippen molar-refractivity contribution in [3.63, 3.8) is 0 Å². The topological polar surface area (TPSA) is 32.3 Å². The van der Waals surface area contributed by atoms with Crippen molar-refractivity contribution in [3.8, 4) is 0 Å². The van der Waals surface area contributed by atoms with Gasteiger partial charge >= 0.3 is 0 Å². The Balaban J connectivity index is 2.12. The molecule has 0 spiro atoms. The molecule has 0 bridgehead atoms. The van der Waals surface area contributed by atoms with Crippen LogP contribution in [0.4, 0.5) is 11.4 Å². The lowest BCUT2D eigenvalue weighted by atomic mass is 10.1. The second kappa shape index (κ2) is 7.64. The smallest absolute Gasteiger partial charge is 0.255 e. The van der Waals surface area contributed by atoms with E-state index in [2.05, 4.69) is 37.1 Å². The SMILES string of the molecule is CCc1ccc(C(=O)Nc2cccc(N(CC)CC)c2)cc1. The molecule has 2 rings (SSSR count). The number of nitrogens with one attached hydrogen (secondary N) is 1. The number of rotatable bonds is 6. The molecule has 2 aromatic rings. The summed E-state index contributed by atoms with van der Waals surface area (Å²) in [7, 11) is 0. The minimum absolute atomic E-state index is 0.0700. The van der Waals surface area contributed by atoms with Crippen molar-refractivity contribution >= 4 is 17.3 Å². The van der Waals surface area contributed by atoms with Crippen LogP contribution in [0.2, 0.25) is 0 Å². The van der Waals surface area contributed by atoms with Crippen molar-refractivity contribution < 1.29 is 4.79 Å². The number of carbonyl (C=O) groups excluding carboxylic acids is 1. The van der Waals surface area contributed by atoms with E-state index in [9.17, 15) is 4.79 Å². The maximum Gasteiger partial charge on any atom is 0.255 e. The highest BCUT2D eigenvalue weighted by Gasteiger charge is 2.07. The standard InChI is InChI=1S/C19H24N2O/c1-4-15-10-12-16(13-11-15)19(22)20-17-8-7-9-18(14-17)21(5-2)6-3/h7-14H,4-6H2,1-3H3,(H,20,22). The highest BCUT2D eigenvalue weighted by molar-refractivity contribution is 6.04. The fourth-order valence-electron chi connectivity index (χ4n) is 2.46. The number of hydrogen-bond acceptors (Lipinski definition) is 2. The van der Waals surface area contributed by atoms with Crippen LogP contribution in [0.25, 0.3) is 0 Å². The van der Waals surface area contributed by atoms with Gasteiger partial charge in [0.1, 0.15) is 0 Å². The fraction of sp³-hybridized carbons (Fsp3) is 0.316. The predicted octanol–water partition coefficient (Wildman–Crippen LogP) is 4.35. The number of anilines is 2. The zero-order valence-corrected chi connectivity index (χ0v) is 13.6. The third kappa shape index (κ3) is 3.88. The number of hydrogen-bond donors (Lipinski definition) is 1. The largest absolute Gasteiger partial charge is 0.372 e. The van der Waals surface area contributed by atoms with Crippen LogP contribution < -0.4 is 10.2 Å². The summed E-state index contributed by atoms with van der Waals surface area (Å²) in [6.07, 6.45) is 0.980. The molecule has 0 aliphatic carbocycles. The lowest BCUT2D eigenvalue weighted by Crippen LogP contribution is -2.22. The normalized spacial score (nSPS) is 10.3. The Kier molecular flexibility index (Phi) is 5.59. The van der Waals surface area contributed by atoms with Crippen LogP contribution in [-0.2, 0) is 6.42 Å². The summed E-state index contributed by atoms with van der Waals surface area (Å²) >= 11 is 0. The Morgan fingerprint density at radius 3 is 2.27 bits per heavy atom. The Morgan fingerprint density at radius 2 is 1.68 bits per heavy atom. The number of carbonyl (C=O) groups is 1. The van der Waals surface area contributed by atoms with E-state index in [0.717, 1.165) is 30.9 Å². The fourth-order valence-corrected chi connectivity index (χ4v) is 2.46. The van der Waals surface area contributed by atoms with Gasteiger partial charge in [0.15, 0.2) is 0 Å². The van der Waals surface area contributed by atoms with Crippen molar-refractivity contribution in [3.05, 3.63) is 59.7 Å². The predicted molar refractivity (Wildman–Crippen MR) is 93.8 cm³/mol. The quantitative estimate of drug-likeness (QED) is 0.859. The molecule has 3 heteroatoms. The maximum atomic E-state index is 12.3. The highest BCUT2D eigenvalue weighted by Crippen LogP contribution is 2.20. The minimum Gasteiger partial charge on any atom is -0.372 e. The Morgan fingerprint density at radius 1 is 1.00 bits per heavy atom. The van der Waals surface area contributed by atoms with Gasteiger partial charge in [0, 0.05) is 30.0 Å². The Bertz CT molecular complexity index is 616. The summed E-state index contributed by atoms with van der Waals surface area (Å²) in [5.74, 6) is -0.0700. The second-order valence-corrected chi connectivity index (χ2v) is 5.23. The van der Waals surface area contributed by atoms with Crippen LogP contribution in [0, 0.1) is 0 Å². The molecule has 1 N–H and O–H groups in total. The summed E-state index contributed by atoms with van der Waals surface area (Å²) in [6, 6.07) is 15.7. The molecule has 0 unspecified atom stereocenters. The van der Waals surface area contributed by atoms with Crippen LogP contribution >= 0.6 is 0 Å². The van der Waals surface area contributed by atoms with Crippen LogP contribution in [0.5, 0.6) is 0 Å². The van der Waals surface area contributed by atoms with Gasteiger partial charge in [0.05, 0.1) is 0 Å². The molecule has 2 aromatic carbocycles. The van der Waals surface area contributed by atoms with Gasteiger partial charge in [-0.15, -0.1) is 0 Å². The van der Waals surface area contributed by atoms with Gasteiger partial charge < -0.3 is 10.2 Å². The van der Waals surface area contributed by atoms with Gasteiger partial charge in [-0.05, 0) is 56.2 Å². The van der Waals surface area contributed by atoms with E-state index in [0.29, 0.717) is 5.56 Å². The number of nitrogens with zero attached hydrogens (tertiary/aromatic N) is 1. The molecule has 0 heterocycles. The van der Waals surface area contributed by atoms with Gasteiger partial charge in [0.2, 0.25) is 0 Å². The Hall–Kier alpha value is -2.29. The molecule has 0 saturated heterocycles. The first kappa shape index (κ1) is 16.1. The summed E-state index contributed by atoms with van der Waals surface area (Å²) < 4.78 is 0. The average molecular weight is 296 g/mol. The van der Waals surface area contributed by atoms with E-state index in [-0.39, 0.29) is 5.91 Å². The first-order valence-electron chi connectivity index (χ1n) is 7.93. The zero-order valence-electron chi connectivity index (χ0n) is 13.6. The number of benzene rings is 2. The number of amides is 1. The van der Waals surface area contributed by atoms with Crippen molar-refractivity contribution in [2.24, 2.45) is 0 Å². The third-order valence-electron chi connectivity index (χ3n) is 3.86. The van der Waals surface area contributed by atoms with Gasteiger partial charge in [-0.2, -0.15) is 0 Å². The molecule has 3 nitrogen and oxygen atoms in total. The molecule has 0 aromatic heterocycles. The van der Waals surface area contributed by atoms with Crippen LogP contribution in [0.1, 0.15) is 36.7 Å². The summed E-state index contributed by atoms with van der Waals surface area (Å²) in [4.78, 5) is 14.6. The monoisotopic (exact) mass is 296 g/mol. The van der Waals surface area contributed by atoms with E-state index < -0.39 is 0 Å². The molecule has 0 radical (unpaired) electrons. The summed E-state index contributed by atoms with van der Waals surface area (Å²) in [5.41, 5.74) is 3.88. The third-order valence-corrected chi connectivity index (χ3v) is 3.86. The minimum atomic E-state index is -0.0700. The number of aryl methyl sites for hydroxylation is 1. The summed E-state index contributed by atoms with van der Waals surface area (Å²) in [6.45, 7) is 8.26. The molecular weight excluding hydrogens is 272 g/mol. The second-order valence-electron chi connectivity index (χ2n) is 5.23. The molecule has 0 fully saturated rings. The van der Waals surface area contributed by atoms with Crippen molar-refractivity contribution in [2.45, 2.75) is 27.2 Å². The molecule has 0 atom stereocenters. The molecule has 22 heavy (non-hydrogen) atoms. The van der Waals surface area contributed by atoms with E-state index in [1.54, 1.807) is 0 Å². The molecule has 0 saturated carbocycles. The van der Waals surface area contributed by atoms with E-state index in [1.165, 1.54) is 5.56 Å². The molecule has 116 valence electrons. The molecule has 0 aliphatic heterocycles. The van der Waals surface area contributed by atoms with E-state index >= 15 is 0 Å². The van der Waals surface area contributed by atoms with Crippen LogP contribution in [-0.4, -0.2) is 19.0 Å². The van der Waals surface area contributed by atoms with Crippen molar-refractivity contribution in [1.29, 1.82) is 0 Å². The Labute approximate surface area is 133 Å². The average Bonchev–Trinajstić information content (AvgIpc) is 2.56. The molecular formula is C19H24N2O. The lowest BCUT2D eigenvalue weighted by molar-refractivity contribution is 0.102. The van der Waals surface area contributed by atoms with Gasteiger partial charge in [-0.1, -0.05) is 25.1 Å². The van der Waals surface area contributed by atoms with Gasteiger partial charge in [-0.25, -0.2) is 0 Å². The van der Waals surface area contributed by atoms with Crippen molar-refractivity contribution in [2.75, 3.05) is 23.3 Å². The van der Waals surface area contributed by atoms with Crippen molar-refractivity contribution in [1.82, 2.24) is 0 Å². The van der Waals surface area contributed by atoms with Crippen LogP contribution in [0.15, 0.2) is 48.5 Å². The van der Waals surface area contributed by atoms with Gasteiger partial charge in [0.25, 0.3) is 5.91 Å².